The third-order valence-electron chi connectivity index (χ3n) is 2.83. The standard InChI is InChI=1S/C14H12ClF2NO/c1-19-13-5-3-9(16)7-10(13)14(18)8-2-4-12(17)11(15)6-8/h2-7,14H,18H2,1H3. The highest BCUT2D eigenvalue weighted by Gasteiger charge is 2.16. The highest BCUT2D eigenvalue weighted by Crippen LogP contribution is 2.30. The zero-order valence-corrected chi connectivity index (χ0v) is 10.9. The number of hydrogen-bond acceptors (Lipinski definition) is 2. The van der Waals surface area contributed by atoms with Crippen LogP contribution in [-0.2, 0) is 0 Å². The van der Waals surface area contributed by atoms with Crippen molar-refractivity contribution < 1.29 is 13.5 Å². The molecule has 2 rings (SSSR count). The van der Waals surface area contributed by atoms with Gasteiger partial charge in [-0.1, -0.05) is 17.7 Å². The van der Waals surface area contributed by atoms with E-state index in [0.29, 0.717) is 16.9 Å². The molecule has 0 fully saturated rings. The van der Waals surface area contributed by atoms with Gasteiger partial charge in [0.05, 0.1) is 18.2 Å². The van der Waals surface area contributed by atoms with E-state index in [1.165, 1.54) is 43.5 Å². The summed E-state index contributed by atoms with van der Waals surface area (Å²) in [7, 11) is 1.47. The Morgan fingerprint density at radius 1 is 1.16 bits per heavy atom. The monoisotopic (exact) mass is 283 g/mol. The lowest BCUT2D eigenvalue weighted by Gasteiger charge is -2.16. The molecule has 0 aliphatic rings. The number of ether oxygens (including phenoxy) is 1. The molecule has 0 bridgehead atoms. The van der Waals surface area contributed by atoms with Crippen LogP contribution in [0.1, 0.15) is 17.2 Å². The number of rotatable bonds is 3. The maximum absolute atomic E-state index is 13.3. The normalized spacial score (nSPS) is 12.3. The first-order valence-electron chi connectivity index (χ1n) is 5.57. The van der Waals surface area contributed by atoms with Crippen molar-refractivity contribution in [3.8, 4) is 5.75 Å². The SMILES string of the molecule is COc1ccc(F)cc1C(N)c1ccc(F)c(Cl)c1. The molecular formula is C14H12ClF2NO. The van der Waals surface area contributed by atoms with Crippen LogP contribution in [0.15, 0.2) is 36.4 Å². The lowest BCUT2D eigenvalue weighted by Crippen LogP contribution is -2.13. The van der Waals surface area contributed by atoms with E-state index < -0.39 is 17.7 Å². The molecule has 19 heavy (non-hydrogen) atoms. The molecule has 100 valence electrons. The summed E-state index contributed by atoms with van der Waals surface area (Å²) >= 11 is 5.71. The number of halogens is 3. The molecule has 0 amide bonds. The zero-order chi connectivity index (χ0) is 14.0. The fourth-order valence-corrected chi connectivity index (χ4v) is 2.02. The van der Waals surface area contributed by atoms with Crippen LogP contribution >= 0.6 is 11.6 Å². The molecule has 0 aliphatic heterocycles. The summed E-state index contributed by atoms with van der Waals surface area (Å²) in [6, 6.07) is 7.58. The second kappa shape index (κ2) is 5.55. The molecule has 0 saturated carbocycles. The van der Waals surface area contributed by atoms with Gasteiger partial charge in [0, 0.05) is 5.56 Å². The minimum Gasteiger partial charge on any atom is -0.496 e. The molecule has 2 aromatic rings. The van der Waals surface area contributed by atoms with E-state index in [1.807, 2.05) is 0 Å². The summed E-state index contributed by atoms with van der Waals surface area (Å²) in [5.41, 5.74) is 7.11. The molecule has 2 N–H and O–H groups in total. The Hall–Kier alpha value is -1.65. The molecule has 0 radical (unpaired) electrons. The smallest absolute Gasteiger partial charge is 0.141 e. The van der Waals surface area contributed by atoms with Crippen molar-refractivity contribution in [2.24, 2.45) is 5.73 Å². The van der Waals surface area contributed by atoms with E-state index in [4.69, 9.17) is 22.1 Å². The maximum Gasteiger partial charge on any atom is 0.141 e. The summed E-state index contributed by atoms with van der Waals surface area (Å²) in [4.78, 5) is 0. The van der Waals surface area contributed by atoms with Crippen LogP contribution in [0.3, 0.4) is 0 Å². The molecule has 0 saturated heterocycles. The molecule has 1 atom stereocenters. The fraction of sp³-hybridized carbons (Fsp3) is 0.143. The van der Waals surface area contributed by atoms with Gasteiger partial charge in [0.15, 0.2) is 0 Å². The molecule has 1 unspecified atom stereocenters. The quantitative estimate of drug-likeness (QED) is 0.933. The molecule has 2 aromatic carbocycles. The summed E-state index contributed by atoms with van der Waals surface area (Å²) in [5, 5.41) is -0.0247. The Bertz CT molecular complexity index is 604. The van der Waals surface area contributed by atoms with Crippen LogP contribution in [0.25, 0.3) is 0 Å². The largest absolute Gasteiger partial charge is 0.496 e. The van der Waals surface area contributed by atoms with Gasteiger partial charge in [-0.25, -0.2) is 8.78 Å². The minimum atomic E-state index is -0.649. The average Bonchev–Trinajstić information content (AvgIpc) is 2.41. The Morgan fingerprint density at radius 3 is 2.53 bits per heavy atom. The predicted octanol–water partition coefficient (Wildman–Crippen LogP) is 3.67. The van der Waals surface area contributed by atoms with Crippen LogP contribution in [0.4, 0.5) is 8.78 Å². The number of methoxy groups -OCH3 is 1. The molecule has 0 heterocycles. The summed E-state index contributed by atoms with van der Waals surface area (Å²) in [6.07, 6.45) is 0. The summed E-state index contributed by atoms with van der Waals surface area (Å²) < 4.78 is 31.6. The van der Waals surface area contributed by atoms with Gasteiger partial charge in [0.2, 0.25) is 0 Å². The molecular weight excluding hydrogens is 272 g/mol. The van der Waals surface area contributed by atoms with Gasteiger partial charge in [-0.3, -0.25) is 0 Å². The van der Waals surface area contributed by atoms with Gasteiger partial charge in [-0.05, 0) is 35.9 Å². The molecule has 0 aromatic heterocycles. The zero-order valence-electron chi connectivity index (χ0n) is 10.2. The predicted molar refractivity (Wildman–Crippen MR) is 70.4 cm³/mol. The van der Waals surface area contributed by atoms with Gasteiger partial charge >= 0.3 is 0 Å². The van der Waals surface area contributed by atoms with Crippen LogP contribution in [0, 0.1) is 11.6 Å². The van der Waals surface area contributed by atoms with Crippen molar-refractivity contribution in [2.45, 2.75) is 6.04 Å². The third-order valence-corrected chi connectivity index (χ3v) is 3.12. The van der Waals surface area contributed by atoms with Gasteiger partial charge in [-0.15, -0.1) is 0 Å². The van der Waals surface area contributed by atoms with Crippen molar-refractivity contribution in [1.82, 2.24) is 0 Å². The third kappa shape index (κ3) is 2.85. The summed E-state index contributed by atoms with van der Waals surface area (Å²) in [6.45, 7) is 0. The van der Waals surface area contributed by atoms with Crippen LogP contribution in [0.2, 0.25) is 5.02 Å². The first-order valence-corrected chi connectivity index (χ1v) is 5.94. The van der Waals surface area contributed by atoms with Crippen molar-refractivity contribution in [1.29, 1.82) is 0 Å². The van der Waals surface area contributed by atoms with Crippen LogP contribution < -0.4 is 10.5 Å². The van der Waals surface area contributed by atoms with Gasteiger partial charge in [0.25, 0.3) is 0 Å². The van der Waals surface area contributed by atoms with E-state index in [-0.39, 0.29) is 5.02 Å². The Balaban J connectivity index is 2.45. The van der Waals surface area contributed by atoms with Crippen molar-refractivity contribution in [2.75, 3.05) is 7.11 Å². The first-order chi connectivity index (χ1) is 9.02. The summed E-state index contributed by atoms with van der Waals surface area (Å²) in [5.74, 6) is -0.474. The fourth-order valence-electron chi connectivity index (χ4n) is 1.83. The number of benzene rings is 2. The Morgan fingerprint density at radius 2 is 1.89 bits per heavy atom. The molecule has 5 heteroatoms. The van der Waals surface area contributed by atoms with Crippen molar-refractivity contribution in [3.63, 3.8) is 0 Å². The van der Waals surface area contributed by atoms with E-state index in [0.717, 1.165) is 0 Å². The van der Waals surface area contributed by atoms with Gasteiger partial charge < -0.3 is 10.5 Å². The molecule has 0 spiro atoms. The lowest BCUT2D eigenvalue weighted by molar-refractivity contribution is 0.406. The topological polar surface area (TPSA) is 35.2 Å². The number of nitrogens with two attached hydrogens (primary N) is 1. The van der Waals surface area contributed by atoms with Crippen LogP contribution in [-0.4, -0.2) is 7.11 Å². The Kier molecular flexibility index (Phi) is 4.02. The number of hydrogen-bond donors (Lipinski definition) is 1. The van der Waals surface area contributed by atoms with Gasteiger partial charge in [0.1, 0.15) is 17.4 Å². The van der Waals surface area contributed by atoms with Crippen molar-refractivity contribution in [3.05, 3.63) is 64.2 Å². The van der Waals surface area contributed by atoms with Crippen LogP contribution in [0.5, 0.6) is 5.75 Å². The Labute approximate surface area is 114 Å². The van der Waals surface area contributed by atoms with E-state index >= 15 is 0 Å². The maximum atomic E-state index is 13.3. The van der Waals surface area contributed by atoms with E-state index in [1.54, 1.807) is 0 Å². The van der Waals surface area contributed by atoms with E-state index in [9.17, 15) is 8.78 Å². The highest BCUT2D eigenvalue weighted by atomic mass is 35.5. The second-order valence-electron chi connectivity index (χ2n) is 4.04. The second-order valence-corrected chi connectivity index (χ2v) is 4.44. The average molecular weight is 284 g/mol. The molecule has 2 nitrogen and oxygen atoms in total. The van der Waals surface area contributed by atoms with Crippen molar-refractivity contribution >= 4 is 11.6 Å². The van der Waals surface area contributed by atoms with Gasteiger partial charge in [-0.2, -0.15) is 0 Å². The minimum absolute atomic E-state index is 0.0247. The highest BCUT2D eigenvalue weighted by molar-refractivity contribution is 6.30. The lowest BCUT2D eigenvalue weighted by atomic mass is 9.98. The molecule has 0 aliphatic carbocycles. The first kappa shape index (κ1) is 13.8. The van der Waals surface area contributed by atoms with E-state index in [2.05, 4.69) is 0 Å².